The number of amides is 2. The maximum atomic E-state index is 13.5. The number of fused-ring (bicyclic) bond motifs is 1. The van der Waals surface area contributed by atoms with Crippen LogP contribution in [0.3, 0.4) is 0 Å². The Morgan fingerprint density at radius 2 is 2.15 bits per heavy atom. The largest absolute Gasteiger partial charge is 0.394 e. The maximum Gasteiger partial charge on any atom is 0.326 e. The molecule has 0 aliphatic carbocycles. The van der Waals surface area contributed by atoms with E-state index in [2.05, 4.69) is 26.0 Å². The number of para-hydroxylation sites is 1. The van der Waals surface area contributed by atoms with Gasteiger partial charge in [-0.05, 0) is 18.1 Å². The lowest BCUT2D eigenvalue weighted by atomic mass is 9.95. The highest BCUT2D eigenvalue weighted by atomic mass is 19.3. The topological polar surface area (TPSA) is 110 Å². The Balaban J connectivity index is 1.39. The van der Waals surface area contributed by atoms with Gasteiger partial charge >= 0.3 is 6.03 Å². The number of halogens is 2. The summed E-state index contributed by atoms with van der Waals surface area (Å²) in [5.74, 6) is 0.332. The van der Waals surface area contributed by atoms with Crippen LogP contribution in [0.2, 0.25) is 0 Å². The van der Waals surface area contributed by atoms with Crippen LogP contribution < -0.4 is 16.0 Å². The van der Waals surface area contributed by atoms with E-state index < -0.39 is 25.3 Å². The molecule has 12 heteroatoms. The Hall–Kier alpha value is -3.67. The minimum Gasteiger partial charge on any atom is -0.394 e. The number of aliphatic hydroxyl groups excluding tert-OH is 1. The molecule has 3 aliphatic heterocycles. The molecule has 2 atom stereocenters. The monoisotopic (exact) mass is 472 g/mol. The third kappa shape index (κ3) is 4.28. The molecule has 0 saturated carbocycles. The van der Waals surface area contributed by atoms with Crippen LogP contribution in [0.4, 0.5) is 25.0 Å². The van der Waals surface area contributed by atoms with Gasteiger partial charge in [-0.15, -0.1) is 0 Å². The van der Waals surface area contributed by atoms with Gasteiger partial charge in [-0.1, -0.05) is 18.2 Å². The van der Waals surface area contributed by atoms with E-state index in [0.29, 0.717) is 36.6 Å². The van der Waals surface area contributed by atoms with Crippen LogP contribution in [0.5, 0.6) is 0 Å². The third-order valence-electron chi connectivity index (χ3n) is 6.06. The average Bonchev–Trinajstić information content (AvgIpc) is 3.27. The predicted octanol–water partition coefficient (Wildman–Crippen LogP) is 2.02. The quantitative estimate of drug-likeness (QED) is 0.491. The van der Waals surface area contributed by atoms with Crippen molar-refractivity contribution in [1.29, 1.82) is 0 Å². The summed E-state index contributed by atoms with van der Waals surface area (Å²) in [6.45, 7) is 0.548. The molecule has 1 unspecified atom stereocenters. The zero-order valence-electron chi connectivity index (χ0n) is 18.4. The summed E-state index contributed by atoms with van der Waals surface area (Å²) >= 11 is 0. The molecule has 4 N–H and O–H groups in total. The zero-order chi connectivity index (χ0) is 23.7. The number of rotatable bonds is 7. The Morgan fingerprint density at radius 3 is 2.97 bits per heavy atom. The fraction of sp³-hybridized carbons (Fsp3) is 0.409. The molecule has 10 nitrogen and oxygen atoms in total. The maximum absolute atomic E-state index is 13.5. The van der Waals surface area contributed by atoms with Gasteiger partial charge in [0.15, 0.2) is 6.29 Å². The number of hydrogen-bond donors (Lipinski definition) is 4. The second-order valence-electron chi connectivity index (χ2n) is 8.29. The van der Waals surface area contributed by atoms with Crippen LogP contribution in [0.15, 0.2) is 53.0 Å². The van der Waals surface area contributed by atoms with Crippen LogP contribution in [0.25, 0.3) is 0 Å². The normalized spacial score (nSPS) is 21.8. The molecule has 2 amide bonds. The molecule has 2 aromatic rings. The first-order valence-electron chi connectivity index (χ1n) is 11.2. The zero-order valence-corrected chi connectivity index (χ0v) is 18.4. The van der Waals surface area contributed by atoms with Crippen molar-refractivity contribution < 1.29 is 18.7 Å². The Labute approximate surface area is 194 Å². The summed E-state index contributed by atoms with van der Waals surface area (Å²) in [5, 5.41) is 22.7. The fourth-order valence-electron chi connectivity index (χ4n) is 4.57. The van der Waals surface area contributed by atoms with E-state index in [0.717, 1.165) is 16.2 Å². The summed E-state index contributed by atoms with van der Waals surface area (Å²) < 4.78 is 28.6. The van der Waals surface area contributed by atoms with E-state index in [-0.39, 0.29) is 19.2 Å². The second-order valence-corrected chi connectivity index (χ2v) is 8.29. The molecular formula is C22H26F2N8O2. The Kier molecular flexibility index (Phi) is 6.05. The number of urea groups is 1. The lowest BCUT2D eigenvalue weighted by Gasteiger charge is -2.44. The number of benzene rings is 1. The van der Waals surface area contributed by atoms with Gasteiger partial charge in [-0.25, -0.2) is 18.6 Å². The predicted molar refractivity (Wildman–Crippen MR) is 122 cm³/mol. The van der Waals surface area contributed by atoms with Gasteiger partial charge in [-0.3, -0.25) is 9.58 Å². The summed E-state index contributed by atoms with van der Waals surface area (Å²) in [5.41, 5.74) is 3.24. The van der Waals surface area contributed by atoms with Crippen molar-refractivity contribution in [2.45, 2.75) is 31.7 Å². The molecule has 0 spiro atoms. The highest BCUT2D eigenvalue weighted by molar-refractivity contribution is 5.88. The molecule has 3 aliphatic rings. The lowest BCUT2D eigenvalue weighted by molar-refractivity contribution is 0.0813. The van der Waals surface area contributed by atoms with Crippen molar-refractivity contribution in [3.8, 4) is 0 Å². The van der Waals surface area contributed by atoms with Crippen LogP contribution in [-0.4, -0.2) is 75.9 Å². The first kappa shape index (κ1) is 22.1. The van der Waals surface area contributed by atoms with Gasteiger partial charge in [0, 0.05) is 30.2 Å². The van der Waals surface area contributed by atoms with E-state index in [9.17, 15) is 13.6 Å². The smallest absolute Gasteiger partial charge is 0.326 e. The molecular weight excluding hydrogens is 446 g/mol. The number of nitrogens with zero attached hydrogens (tertiary/aromatic N) is 5. The van der Waals surface area contributed by atoms with Crippen molar-refractivity contribution in [3.05, 3.63) is 53.6 Å². The first-order valence-corrected chi connectivity index (χ1v) is 11.2. The van der Waals surface area contributed by atoms with Crippen LogP contribution in [0.1, 0.15) is 18.0 Å². The Bertz CT molecular complexity index is 1120. The molecule has 5 rings (SSSR count). The van der Waals surface area contributed by atoms with Crippen molar-refractivity contribution in [3.63, 3.8) is 0 Å². The van der Waals surface area contributed by atoms with E-state index in [1.54, 1.807) is 28.2 Å². The molecule has 180 valence electrons. The van der Waals surface area contributed by atoms with Gasteiger partial charge in [0.05, 0.1) is 44.2 Å². The third-order valence-corrected chi connectivity index (χ3v) is 6.06. The van der Waals surface area contributed by atoms with E-state index >= 15 is 0 Å². The molecule has 1 aromatic heterocycles. The van der Waals surface area contributed by atoms with Crippen molar-refractivity contribution in [1.82, 2.24) is 24.9 Å². The van der Waals surface area contributed by atoms with E-state index in [1.807, 2.05) is 24.3 Å². The fourth-order valence-corrected chi connectivity index (χ4v) is 4.57. The standard InChI is InChI=1S/C22H26F2N8O2/c23-19(24)13-32-20-14(9-26-21(29-20)28-15-10-27-30(12-15)7-8-33)11-31(22(32)34)18-5-6-25-17-4-2-1-3-16(17)18/h1-4,9-10,12,18-19,21,25,28-29,33H,5-8,11,13H2/t18-,21?/m0/s1. The van der Waals surface area contributed by atoms with Gasteiger partial charge in [0.2, 0.25) is 0 Å². The number of aliphatic imine (C=N–C) groups is 1. The summed E-state index contributed by atoms with van der Waals surface area (Å²) in [4.78, 5) is 20.7. The highest BCUT2D eigenvalue weighted by Gasteiger charge is 2.40. The number of carbonyl (C=O) groups is 1. The lowest BCUT2D eigenvalue weighted by Crippen LogP contribution is -2.57. The van der Waals surface area contributed by atoms with Gasteiger partial charge < -0.3 is 26.0 Å². The van der Waals surface area contributed by atoms with Crippen molar-refractivity contribution >= 4 is 23.6 Å². The van der Waals surface area contributed by atoms with Gasteiger partial charge in [-0.2, -0.15) is 5.10 Å². The number of carbonyl (C=O) groups excluding carboxylic acids is 1. The Morgan fingerprint density at radius 1 is 1.29 bits per heavy atom. The number of alkyl halides is 2. The average molecular weight is 473 g/mol. The number of nitrogens with one attached hydrogen (secondary N) is 3. The van der Waals surface area contributed by atoms with Crippen molar-refractivity contribution in [2.75, 3.05) is 36.9 Å². The number of aromatic nitrogens is 2. The van der Waals surface area contributed by atoms with Gasteiger partial charge in [0.25, 0.3) is 6.43 Å². The summed E-state index contributed by atoms with van der Waals surface area (Å²) in [7, 11) is 0. The molecule has 0 saturated heterocycles. The number of aliphatic hydroxyl groups is 1. The molecule has 0 fully saturated rings. The van der Waals surface area contributed by atoms with Crippen LogP contribution in [0, 0.1) is 0 Å². The van der Waals surface area contributed by atoms with Gasteiger partial charge in [0.1, 0.15) is 5.82 Å². The molecule has 0 radical (unpaired) electrons. The van der Waals surface area contributed by atoms with Crippen LogP contribution in [-0.2, 0) is 6.54 Å². The second kappa shape index (κ2) is 9.29. The highest BCUT2D eigenvalue weighted by Crippen LogP contribution is 2.37. The molecule has 34 heavy (non-hydrogen) atoms. The van der Waals surface area contributed by atoms with E-state index in [4.69, 9.17) is 5.11 Å². The first-order chi connectivity index (χ1) is 16.5. The van der Waals surface area contributed by atoms with Crippen LogP contribution >= 0.6 is 0 Å². The van der Waals surface area contributed by atoms with Crippen molar-refractivity contribution in [2.24, 2.45) is 4.99 Å². The summed E-state index contributed by atoms with van der Waals surface area (Å²) in [6.07, 6.45) is 2.24. The molecule has 0 bridgehead atoms. The number of anilines is 2. The SMILES string of the molecule is O=C1N(CC(F)F)C2=C(C=NC(Nc3cnn(CCO)c3)N2)CN1[C@H]1CCNc2ccccc21. The molecule has 4 heterocycles. The molecule has 1 aromatic carbocycles. The minimum atomic E-state index is -2.69. The summed E-state index contributed by atoms with van der Waals surface area (Å²) in [6, 6.07) is 7.08. The van der Waals surface area contributed by atoms with E-state index in [1.165, 1.54) is 0 Å². The number of hydrogen-bond acceptors (Lipinski definition) is 7. The minimum absolute atomic E-state index is 0.0417.